The molecule has 2 aromatic rings. The minimum atomic E-state index is -1.23. The molecule has 0 fully saturated rings. The summed E-state index contributed by atoms with van der Waals surface area (Å²) in [6.07, 6.45) is 1.15. The van der Waals surface area contributed by atoms with Gasteiger partial charge in [-0.25, -0.2) is 0 Å². The summed E-state index contributed by atoms with van der Waals surface area (Å²) in [7, 11) is 0. The van der Waals surface area contributed by atoms with Crippen molar-refractivity contribution >= 4 is 5.91 Å². The molecule has 1 aromatic heterocycles. The molecule has 124 valence electrons. The lowest BCUT2D eigenvalue weighted by atomic mass is 9.96. The van der Waals surface area contributed by atoms with Crippen LogP contribution >= 0.6 is 0 Å². The Hall–Kier alpha value is -2.21. The van der Waals surface area contributed by atoms with Crippen LogP contribution in [-0.2, 0) is 22.4 Å². The van der Waals surface area contributed by atoms with Crippen molar-refractivity contribution in [2.24, 2.45) is 0 Å². The fraction of sp³-hybridized carbons (Fsp3) is 0.471. The molecule has 6 nitrogen and oxygen atoms in total. The maximum absolute atomic E-state index is 11.2. The smallest absolute Gasteiger partial charge is 0.258 e. The van der Waals surface area contributed by atoms with Gasteiger partial charge >= 0.3 is 0 Å². The van der Waals surface area contributed by atoms with E-state index in [4.69, 9.17) is 4.52 Å². The Labute approximate surface area is 135 Å². The lowest BCUT2D eigenvalue weighted by molar-refractivity contribution is -0.120. The molecular weight excluding hydrogens is 294 g/mol. The van der Waals surface area contributed by atoms with Crippen LogP contribution in [-0.4, -0.2) is 21.2 Å². The third kappa shape index (κ3) is 4.39. The predicted molar refractivity (Wildman–Crippen MR) is 85.5 cm³/mol. The SMILES string of the molecule is CC(=O)NC(C)(C)c1noc(C(C)(O)CCc2ccccc2)n1. The quantitative estimate of drug-likeness (QED) is 0.853. The summed E-state index contributed by atoms with van der Waals surface area (Å²) in [5.74, 6) is 0.307. The van der Waals surface area contributed by atoms with Gasteiger partial charge < -0.3 is 14.9 Å². The highest BCUT2D eigenvalue weighted by Gasteiger charge is 2.34. The molecule has 0 aliphatic carbocycles. The number of carbonyl (C=O) groups excluding carboxylic acids is 1. The zero-order valence-electron chi connectivity index (χ0n) is 14.0. The minimum Gasteiger partial charge on any atom is -0.380 e. The lowest BCUT2D eigenvalue weighted by Gasteiger charge is -2.21. The molecule has 2 rings (SSSR count). The third-order valence-electron chi connectivity index (χ3n) is 3.68. The van der Waals surface area contributed by atoms with Gasteiger partial charge in [0.15, 0.2) is 5.82 Å². The zero-order valence-corrected chi connectivity index (χ0v) is 14.0. The number of amides is 1. The number of benzene rings is 1. The van der Waals surface area contributed by atoms with Crippen molar-refractivity contribution in [3.63, 3.8) is 0 Å². The van der Waals surface area contributed by atoms with Crippen molar-refractivity contribution < 1.29 is 14.4 Å². The Morgan fingerprint density at radius 1 is 1.26 bits per heavy atom. The van der Waals surface area contributed by atoms with E-state index >= 15 is 0 Å². The molecule has 1 unspecified atom stereocenters. The van der Waals surface area contributed by atoms with E-state index in [-0.39, 0.29) is 11.8 Å². The second-order valence-electron chi connectivity index (χ2n) is 6.49. The van der Waals surface area contributed by atoms with Crippen molar-refractivity contribution in [2.75, 3.05) is 0 Å². The fourth-order valence-electron chi connectivity index (χ4n) is 2.33. The number of aromatic nitrogens is 2. The summed E-state index contributed by atoms with van der Waals surface area (Å²) < 4.78 is 5.22. The van der Waals surface area contributed by atoms with E-state index in [1.807, 2.05) is 30.3 Å². The number of aliphatic hydroxyl groups is 1. The predicted octanol–water partition coefficient (Wildman–Crippen LogP) is 2.28. The van der Waals surface area contributed by atoms with Crippen LogP contribution in [0.15, 0.2) is 34.9 Å². The highest BCUT2D eigenvalue weighted by atomic mass is 16.5. The standard InChI is InChI=1S/C17H23N3O3/c1-12(21)19-16(2,3)14-18-15(23-20-14)17(4,22)11-10-13-8-6-5-7-9-13/h5-9,22H,10-11H2,1-4H3,(H,19,21). The molecule has 1 amide bonds. The van der Waals surface area contributed by atoms with Gasteiger partial charge in [0, 0.05) is 6.92 Å². The summed E-state index contributed by atoms with van der Waals surface area (Å²) in [4.78, 5) is 15.5. The van der Waals surface area contributed by atoms with Gasteiger partial charge in [-0.05, 0) is 39.2 Å². The van der Waals surface area contributed by atoms with Gasteiger partial charge in [0.2, 0.25) is 5.91 Å². The highest BCUT2D eigenvalue weighted by molar-refractivity contribution is 5.73. The number of hydrogen-bond acceptors (Lipinski definition) is 5. The van der Waals surface area contributed by atoms with Crippen molar-refractivity contribution in [1.29, 1.82) is 0 Å². The summed E-state index contributed by atoms with van der Waals surface area (Å²) in [5, 5.41) is 17.3. The second-order valence-corrected chi connectivity index (χ2v) is 6.49. The van der Waals surface area contributed by atoms with Gasteiger partial charge in [0.25, 0.3) is 5.89 Å². The van der Waals surface area contributed by atoms with Gasteiger partial charge in [0.1, 0.15) is 5.60 Å². The van der Waals surface area contributed by atoms with Crippen LogP contribution < -0.4 is 5.32 Å². The fourth-order valence-corrected chi connectivity index (χ4v) is 2.33. The van der Waals surface area contributed by atoms with Crippen LogP contribution in [0.5, 0.6) is 0 Å². The van der Waals surface area contributed by atoms with Gasteiger partial charge in [-0.2, -0.15) is 4.98 Å². The summed E-state index contributed by atoms with van der Waals surface area (Å²) in [5.41, 5.74) is -0.859. The Kier molecular flexibility index (Phi) is 4.85. The maximum atomic E-state index is 11.2. The molecule has 6 heteroatoms. The van der Waals surface area contributed by atoms with E-state index in [1.165, 1.54) is 6.92 Å². The third-order valence-corrected chi connectivity index (χ3v) is 3.68. The average Bonchev–Trinajstić information content (AvgIpc) is 2.96. The molecule has 23 heavy (non-hydrogen) atoms. The van der Waals surface area contributed by atoms with E-state index in [2.05, 4.69) is 15.5 Å². The first-order chi connectivity index (χ1) is 10.7. The lowest BCUT2D eigenvalue weighted by Crippen LogP contribution is -2.40. The molecule has 0 saturated heterocycles. The molecule has 0 saturated carbocycles. The van der Waals surface area contributed by atoms with Crippen LogP contribution in [0.25, 0.3) is 0 Å². The molecule has 0 radical (unpaired) electrons. The first-order valence-electron chi connectivity index (χ1n) is 7.60. The van der Waals surface area contributed by atoms with E-state index in [1.54, 1.807) is 20.8 Å². The number of carbonyl (C=O) groups is 1. The minimum absolute atomic E-state index is 0.154. The molecule has 0 aliphatic heterocycles. The molecule has 0 bridgehead atoms. The maximum Gasteiger partial charge on any atom is 0.258 e. The van der Waals surface area contributed by atoms with Crippen molar-refractivity contribution in [3.8, 4) is 0 Å². The molecule has 0 spiro atoms. The molecule has 1 heterocycles. The number of aryl methyl sites for hydroxylation is 1. The second kappa shape index (κ2) is 6.50. The Morgan fingerprint density at radius 3 is 2.52 bits per heavy atom. The topological polar surface area (TPSA) is 88.2 Å². The van der Waals surface area contributed by atoms with Crippen LogP contribution in [0.2, 0.25) is 0 Å². The van der Waals surface area contributed by atoms with Crippen molar-refractivity contribution in [3.05, 3.63) is 47.6 Å². The van der Waals surface area contributed by atoms with Gasteiger partial charge in [-0.15, -0.1) is 0 Å². The van der Waals surface area contributed by atoms with Crippen LogP contribution in [0.3, 0.4) is 0 Å². The Morgan fingerprint density at radius 2 is 1.91 bits per heavy atom. The van der Waals surface area contributed by atoms with E-state index < -0.39 is 11.1 Å². The summed E-state index contributed by atoms with van der Waals surface area (Å²) in [6.45, 7) is 6.64. The van der Waals surface area contributed by atoms with Gasteiger partial charge in [-0.3, -0.25) is 4.79 Å². The van der Waals surface area contributed by atoms with Crippen molar-refractivity contribution in [2.45, 2.75) is 51.7 Å². The Balaban J connectivity index is 2.10. The first-order valence-corrected chi connectivity index (χ1v) is 7.60. The number of nitrogens with one attached hydrogen (secondary N) is 1. The van der Waals surface area contributed by atoms with Gasteiger partial charge in [0.05, 0.1) is 5.54 Å². The molecule has 1 atom stereocenters. The van der Waals surface area contributed by atoms with Crippen molar-refractivity contribution in [1.82, 2.24) is 15.5 Å². The van der Waals surface area contributed by atoms with Gasteiger partial charge in [-0.1, -0.05) is 35.5 Å². The summed E-state index contributed by atoms with van der Waals surface area (Å²) >= 11 is 0. The molecule has 1 aromatic carbocycles. The molecule has 0 aliphatic rings. The van der Waals surface area contributed by atoms with E-state index in [0.717, 1.165) is 5.56 Å². The largest absolute Gasteiger partial charge is 0.380 e. The highest BCUT2D eigenvalue weighted by Crippen LogP contribution is 2.27. The monoisotopic (exact) mass is 317 g/mol. The van der Waals surface area contributed by atoms with Crippen LogP contribution in [0.4, 0.5) is 0 Å². The Bertz CT molecular complexity index is 663. The average molecular weight is 317 g/mol. The molecular formula is C17H23N3O3. The van der Waals surface area contributed by atoms with E-state index in [0.29, 0.717) is 18.7 Å². The van der Waals surface area contributed by atoms with E-state index in [9.17, 15) is 9.90 Å². The zero-order chi connectivity index (χ0) is 17.1. The summed E-state index contributed by atoms with van der Waals surface area (Å²) in [6, 6.07) is 9.90. The molecule has 2 N–H and O–H groups in total. The number of rotatable bonds is 6. The number of hydrogen-bond donors (Lipinski definition) is 2. The van der Waals surface area contributed by atoms with Crippen LogP contribution in [0.1, 0.15) is 51.4 Å². The normalized spacial score (nSPS) is 14.3. The number of nitrogens with zero attached hydrogens (tertiary/aromatic N) is 2. The van der Waals surface area contributed by atoms with Crippen LogP contribution in [0, 0.1) is 0 Å². The first kappa shape index (κ1) is 17.1.